The van der Waals surface area contributed by atoms with E-state index in [1.807, 2.05) is 41.8 Å². The fraction of sp³-hybridized carbons (Fsp3) is 0.333. The Bertz CT molecular complexity index is 856. The van der Waals surface area contributed by atoms with Crippen molar-refractivity contribution in [2.75, 3.05) is 12.4 Å². The molecule has 0 bridgehead atoms. The van der Waals surface area contributed by atoms with Gasteiger partial charge in [-0.2, -0.15) is 5.10 Å². The van der Waals surface area contributed by atoms with Gasteiger partial charge >= 0.3 is 0 Å². The van der Waals surface area contributed by atoms with Crippen LogP contribution < -0.4 is 10.1 Å². The SMILES string of the molecule is COc1ccc(CNc2cc(Cl)nn3c(C)nc(C(C)C)c23)cc1. The summed E-state index contributed by atoms with van der Waals surface area (Å²) in [5.74, 6) is 1.99. The van der Waals surface area contributed by atoms with Crippen molar-refractivity contribution in [3.05, 3.63) is 52.6 Å². The molecule has 3 aromatic rings. The third kappa shape index (κ3) is 3.17. The smallest absolute Gasteiger partial charge is 0.152 e. The van der Waals surface area contributed by atoms with Crippen LogP contribution in [0.25, 0.3) is 5.52 Å². The van der Waals surface area contributed by atoms with Crippen molar-refractivity contribution in [1.29, 1.82) is 0 Å². The first-order valence-electron chi connectivity index (χ1n) is 7.92. The molecule has 5 nitrogen and oxygen atoms in total. The summed E-state index contributed by atoms with van der Waals surface area (Å²) in [5.41, 5.74) is 4.11. The molecule has 0 aliphatic heterocycles. The van der Waals surface area contributed by atoms with E-state index in [-0.39, 0.29) is 0 Å². The number of aromatic nitrogens is 3. The maximum absolute atomic E-state index is 6.19. The van der Waals surface area contributed by atoms with Gasteiger partial charge in [0.15, 0.2) is 5.15 Å². The van der Waals surface area contributed by atoms with Crippen LogP contribution in [0.3, 0.4) is 0 Å². The number of halogens is 1. The minimum absolute atomic E-state index is 0.304. The van der Waals surface area contributed by atoms with E-state index in [9.17, 15) is 0 Å². The Morgan fingerprint density at radius 3 is 2.58 bits per heavy atom. The molecule has 0 fully saturated rings. The van der Waals surface area contributed by atoms with Gasteiger partial charge in [-0.3, -0.25) is 0 Å². The van der Waals surface area contributed by atoms with Crippen LogP contribution in [0.1, 0.15) is 36.8 Å². The number of fused-ring (bicyclic) bond motifs is 1. The van der Waals surface area contributed by atoms with Crippen LogP contribution in [0.5, 0.6) is 5.75 Å². The van der Waals surface area contributed by atoms with Gasteiger partial charge < -0.3 is 10.1 Å². The minimum Gasteiger partial charge on any atom is -0.497 e. The maximum atomic E-state index is 6.19. The molecule has 1 aromatic carbocycles. The second-order valence-electron chi connectivity index (χ2n) is 6.04. The fourth-order valence-corrected chi connectivity index (χ4v) is 2.89. The summed E-state index contributed by atoms with van der Waals surface area (Å²) in [7, 11) is 1.67. The molecule has 0 aliphatic carbocycles. The van der Waals surface area contributed by atoms with Crippen LogP contribution in [0, 0.1) is 6.92 Å². The number of ether oxygens (including phenoxy) is 1. The lowest BCUT2D eigenvalue weighted by Gasteiger charge is -2.11. The molecule has 2 heterocycles. The number of nitrogens with zero attached hydrogens (tertiary/aromatic N) is 3. The molecule has 0 saturated heterocycles. The number of anilines is 1. The molecule has 0 saturated carbocycles. The van der Waals surface area contributed by atoms with E-state index in [2.05, 4.69) is 29.2 Å². The van der Waals surface area contributed by atoms with Gasteiger partial charge in [-0.1, -0.05) is 37.6 Å². The first kappa shape index (κ1) is 16.6. The summed E-state index contributed by atoms with van der Waals surface area (Å²) in [6.45, 7) is 6.88. The molecular formula is C18H21ClN4O. The van der Waals surface area contributed by atoms with E-state index in [4.69, 9.17) is 16.3 Å². The highest BCUT2D eigenvalue weighted by molar-refractivity contribution is 6.29. The van der Waals surface area contributed by atoms with Crippen LogP contribution in [-0.4, -0.2) is 21.7 Å². The fourth-order valence-electron chi connectivity index (χ4n) is 2.71. The molecule has 2 aromatic heterocycles. The molecule has 0 amide bonds. The summed E-state index contributed by atoms with van der Waals surface area (Å²) >= 11 is 6.19. The standard InChI is InChI=1S/C18H21ClN4O/c1-11(2)17-18-15(9-16(19)22-23(18)12(3)21-17)20-10-13-5-7-14(24-4)8-6-13/h5-9,11,20H,10H2,1-4H3. The number of methoxy groups -OCH3 is 1. The van der Waals surface area contributed by atoms with Crippen LogP contribution >= 0.6 is 11.6 Å². The number of hydrogen-bond donors (Lipinski definition) is 1. The number of aryl methyl sites for hydroxylation is 1. The molecule has 24 heavy (non-hydrogen) atoms. The molecule has 0 unspecified atom stereocenters. The Morgan fingerprint density at radius 1 is 1.25 bits per heavy atom. The van der Waals surface area contributed by atoms with E-state index in [0.29, 0.717) is 17.6 Å². The van der Waals surface area contributed by atoms with Gasteiger partial charge in [0.2, 0.25) is 0 Å². The summed E-state index contributed by atoms with van der Waals surface area (Å²) in [4.78, 5) is 4.65. The zero-order chi connectivity index (χ0) is 17.3. The highest BCUT2D eigenvalue weighted by atomic mass is 35.5. The molecule has 0 aliphatic rings. The van der Waals surface area contributed by atoms with E-state index in [0.717, 1.165) is 34.0 Å². The number of rotatable bonds is 5. The first-order valence-corrected chi connectivity index (χ1v) is 8.30. The maximum Gasteiger partial charge on any atom is 0.152 e. The average molecular weight is 345 g/mol. The van der Waals surface area contributed by atoms with Crippen molar-refractivity contribution in [3.8, 4) is 5.75 Å². The number of benzene rings is 1. The lowest BCUT2D eigenvalue weighted by atomic mass is 10.1. The van der Waals surface area contributed by atoms with Gasteiger partial charge in [0, 0.05) is 12.6 Å². The van der Waals surface area contributed by atoms with E-state index < -0.39 is 0 Å². The van der Waals surface area contributed by atoms with E-state index in [1.165, 1.54) is 0 Å². The summed E-state index contributed by atoms with van der Waals surface area (Å²) in [5, 5.41) is 8.28. The zero-order valence-electron chi connectivity index (χ0n) is 14.3. The number of nitrogens with one attached hydrogen (secondary N) is 1. The van der Waals surface area contributed by atoms with Crippen LogP contribution in [0.4, 0.5) is 5.69 Å². The Labute approximate surface area is 146 Å². The van der Waals surface area contributed by atoms with Crippen molar-refractivity contribution in [3.63, 3.8) is 0 Å². The topological polar surface area (TPSA) is 51.5 Å². The second kappa shape index (κ2) is 6.69. The molecule has 3 rings (SSSR count). The Kier molecular flexibility index (Phi) is 4.62. The van der Waals surface area contributed by atoms with Gasteiger partial charge in [-0.05, 0) is 30.5 Å². The quantitative estimate of drug-likeness (QED) is 0.743. The number of imidazole rings is 1. The van der Waals surface area contributed by atoms with Crippen molar-refractivity contribution in [2.45, 2.75) is 33.2 Å². The molecule has 0 atom stereocenters. The normalized spacial score (nSPS) is 11.2. The zero-order valence-corrected chi connectivity index (χ0v) is 15.1. The van der Waals surface area contributed by atoms with Crippen LogP contribution in [-0.2, 0) is 6.54 Å². The minimum atomic E-state index is 0.304. The van der Waals surface area contributed by atoms with Crippen LogP contribution in [0.2, 0.25) is 5.15 Å². The highest BCUT2D eigenvalue weighted by Gasteiger charge is 2.17. The number of hydrogen-bond acceptors (Lipinski definition) is 4. The monoisotopic (exact) mass is 344 g/mol. The van der Waals surface area contributed by atoms with E-state index in [1.54, 1.807) is 7.11 Å². The Balaban J connectivity index is 1.95. The lowest BCUT2D eigenvalue weighted by molar-refractivity contribution is 0.414. The highest BCUT2D eigenvalue weighted by Crippen LogP contribution is 2.29. The van der Waals surface area contributed by atoms with E-state index >= 15 is 0 Å². The predicted molar refractivity (Wildman–Crippen MR) is 97.1 cm³/mol. The van der Waals surface area contributed by atoms with Gasteiger partial charge in [-0.25, -0.2) is 9.50 Å². The summed E-state index contributed by atoms with van der Waals surface area (Å²) in [6, 6.07) is 9.84. The summed E-state index contributed by atoms with van der Waals surface area (Å²) in [6.07, 6.45) is 0. The van der Waals surface area contributed by atoms with Gasteiger partial charge in [-0.15, -0.1) is 0 Å². The second-order valence-corrected chi connectivity index (χ2v) is 6.43. The average Bonchev–Trinajstić information content (AvgIpc) is 2.90. The van der Waals surface area contributed by atoms with Crippen molar-refractivity contribution >= 4 is 22.8 Å². The third-order valence-electron chi connectivity index (χ3n) is 3.95. The molecule has 0 radical (unpaired) electrons. The van der Waals surface area contributed by atoms with Crippen molar-refractivity contribution in [2.24, 2.45) is 0 Å². The molecule has 126 valence electrons. The lowest BCUT2D eigenvalue weighted by Crippen LogP contribution is -2.05. The first-order chi connectivity index (χ1) is 11.5. The molecule has 6 heteroatoms. The third-order valence-corrected chi connectivity index (χ3v) is 4.13. The van der Waals surface area contributed by atoms with Crippen LogP contribution in [0.15, 0.2) is 30.3 Å². The van der Waals surface area contributed by atoms with Crippen molar-refractivity contribution < 1.29 is 4.74 Å². The molecular weight excluding hydrogens is 324 g/mol. The Morgan fingerprint density at radius 2 is 1.96 bits per heavy atom. The van der Waals surface area contributed by atoms with Gasteiger partial charge in [0.1, 0.15) is 17.1 Å². The molecule has 1 N–H and O–H groups in total. The van der Waals surface area contributed by atoms with Gasteiger partial charge in [0.25, 0.3) is 0 Å². The molecule has 0 spiro atoms. The summed E-state index contributed by atoms with van der Waals surface area (Å²) < 4.78 is 7.01. The predicted octanol–water partition coefficient (Wildman–Crippen LogP) is 4.44. The van der Waals surface area contributed by atoms with Crippen molar-refractivity contribution in [1.82, 2.24) is 14.6 Å². The largest absolute Gasteiger partial charge is 0.497 e. The van der Waals surface area contributed by atoms with Gasteiger partial charge in [0.05, 0.1) is 18.5 Å². The Hall–Kier alpha value is -2.27.